The second-order valence-corrected chi connectivity index (χ2v) is 5.77. The van der Waals surface area contributed by atoms with Gasteiger partial charge in [-0.15, -0.1) is 11.3 Å². The van der Waals surface area contributed by atoms with Gasteiger partial charge >= 0.3 is 12.1 Å². The lowest BCUT2D eigenvalue weighted by Gasteiger charge is -2.16. The van der Waals surface area contributed by atoms with E-state index in [1.165, 1.54) is 11.3 Å². The van der Waals surface area contributed by atoms with Gasteiger partial charge in [0.25, 0.3) is 0 Å². The molecule has 1 heterocycles. The highest BCUT2D eigenvalue weighted by Crippen LogP contribution is 2.26. The fourth-order valence-corrected chi connectivity index (χ4v) is 3.01. The maximum Gasteiger partial charge on any atom is 0.407 e. The van der Waals surface area contributed by atoms with Crippen molar-refractivity contribution in [2.24, 2.45) is 0 Å². The first kappa shape index (κ1) is 16.0. The Balaban J connectivity index is 1.96. The number of ether oxygens (including phenoxy) is 1. The van der Waals surface area contributed by atoms with Crippen molar-refractivity contribution >= 4 is 23.4 Å². The van der Waals surface area contributed by atoms with Crippen LogP contribution in [0.3, 0.4) is 0 Å². The number of benzene rings is 1. The summed E-state index contributed by atoms with van der Waals surface area (Å²) in [7, 11) is 0. The Hall–Kier alpha value is -2.34. The van der Waals surface area contributed by atoms with Crippen LogP contribution in [0, 0.1) is 6.92 Å². The number of carboxylic acids is 1. The molecule has 116 valence electrons. The average molecular weight is 319 g/mol. The van der Waals surface area contributed by atoms with Crippen LogP contribution < -0.4 is 5.32 Å². The molecule has 6 heteroatoms. The molecule has 1 amide bonds. The summed E-state index contributed by atoms with van der Waals surface area (Å²) in [5.74, 6) is -0.971. The number of alkyl carbamates (subject to hydrolysis) is 1. The third-order valence-electron chi connectivity index (χ3n) is 3.10. The number of carbonyl (C=O) groups excluding carboxylic acids is 1. The van der Waals surface area contributed by atoms with Gasteiger partial charge in [-0.25, -0.2) is 4.79 Å². The average Bonchev–Trinajstić information content (AvgIpc) is 2.91. The maximum atomic E-state index is 11.9. The Morgan fingerprint density at radius 1 is 1.27 bits per heavy atom. The molecular formula is C16H17NO4S. The first-order chi connectivity index (χ1) is 10.6. The third kappa shape index (κ3) is 4.60. The van der Waals surface area contributed by atoms with Gasteiger partial charge in [-0.3, -0.25) is 4.79 Å². The molecule has 0 radical (unpaired) electrons. The Morgan fingerprint density at radius 3 is 2.59 bits per heavy atom. The minimum Gasteiger partial charge on any atom is -0.481 e. The molecule has 0 bridgehead atoms. The Bertz CT molecular complexity index is 639. The minimum absolute atomic E-state index is 0.149. The number of carboxylic acid groups (broad SMARTS) is 1. The van der Waals surface area contributed by atoms with Crippen molar-refractivity contribution in [3.63, 3.8) is 0 Å². The molecule has 0 aliphatic rings. The summed E-state index contributed by atoms with van der Waals surface area (Å²) in [6.45, 7) is 2.04. The van der Waals surface area contributed by atoms with Crippen LogP contribution in [0.1, 0.15) is 28.5 Å². The molecule has 1 aromatic heterocycles. The number of hydrogen-bond acceptors (Lipinski definition) is 4. The topological polar surface area (TPSA) is 75.6 Å². The van der Waals surface area contributed by atoms with Gasteiger partial charge in [-0.05, 0) is 29.5 Å². The molecule has 0 spiro atoms. The molecule has 2 N–H and O–H groups in total. The lowest BCUT2D eigenvalue weighted by Crippen LogP contribution is -2.30. The van der Waals surface area contributed by atoms with E-state index in [-0.39, 0.29) is 13.0 Å². The van der Waals surface area contributed by atoms with E-state index < -0.39 is 18.1 Å². The predicted octanol–water partition coefficient (Wildman–Crippen LogP) is 3.50. The quantitative estimate of drug-likeness (QED) is 0.854. The predicted molar refractivity (Wildman–Crippen MR) is 83.8 cm³/mol. The number of nitrogens with one attached hydrogen (secondary N) is 1. The van der Waals surface area contributed by atoms with Crippen molar-refractivity contribution in [3.05, 3.63) is 57.8 Å². The Kier molecular flexibility index (Phi) is 5.55. The van der Waals surface area contributed by atoms with E-state index in [9.17, 15) is 9.59 Å². The zero-order chi connectivity index (χ0) is 15.9. The highest BCUT2D eigenvalue weighted by Gasteiger charge is 2.21. The van der Waals surface area contributed by atoms with E-state index in [1.54, 1.807) is 0 Å². The standard InChI is InChI=1S/C16H17NO4S/c1-11-7-8-22-15(11)13(9-14(18)19)17-16(20)21-10-12-5-3-2-4-6-12/h2-8,13H,9-10H2,1H3,(H,17,20)(H,18,19). The van der Waals surface area contributed by atoms with E-state index in [1.807, 2.05) is 48.7 Å². The van der Waals surface area contributed by atoms with Crippen LogP contribution in [0.4, 0.5) is 4.79 Å². The largest absolute Gasteiger partial charge is 0.481 e. The van der Waals surface area contributed by atoms with Crippen LogP contribution in [-0.4, -0.2) is 17.2 Å². The zero-order valence-corrected chi connectivity index (χ0v) is 12.9. The van der Waals surface area contributed by atoms with E-state index in [2.05, 4.69) is 5.32 Å². The second kappa shape index (κ2) is 7.61. The van der Waals surface area contributed by atoms with Gasteiger partial charge in [0.15, 0.2) is 0 Å². The molecule has 0 saturated carbocycles. The Morgan fingerprint density at radius 2 is 2.00 bits per heavy atom. The van der Waals surface area contributed by atoms with E-state index in [0.717, 1.165) is 16.0 Å². The molecule has 0 aliphatic carbocycles. The number of amides is 1. The molecule has 2 rings (SSSR count). The third-order valence-corrected chi connectivity index (χ3v) is 4.23. The summed E-state index contributed by atoms with van der Waals surface area (Å²) in [6.07, 6.45) is -0.801. The fraction of sp³-hybridized carbons (Fsp3) is 0.250. The van der Waals surface area contributed by atoms with Gasteiger partial charge in [-0.2, -0.15) is 0 Å². The van der Waals surface area contributed by atoms with Crippen molar-refractivity contribution in [3.8, 4) is 0 Å². The first-order valence-electron chi connectivity index (χ1n) is 6.79. The summed E-state index contributed by atoms with van der Waals surface area (Å²) in [6, 6.07) is 10.6. The number of aliphatic carboxylic acids is 1. The normalized spacial score (nSPS) is 11.7. The van der Waals surface area contributed by atoms with Crippen LogP contribution in [0.2, 0.25) is 0 Å². The van der Waals surface area contributed by atoms with Crippen LogP contribution >= 0.6 is 11.3 Å². The number of carbonyl (C=O) groups is 2. The van der Waals surface area contributed by atoms with Gasteiger partial charge in [0.2, 0.25) is 0 Å². The monoisotopic (exact) mass is 319 g/mol. The number of rotatable bonds is 6. The van der Waals surface area contributed by atoms with Gasteiger partial charge in [0, 0.05) is 4.88 Å². The molecule has 0 aliphatic heterocycles. The molecule has 1 aromatic carbocycles. The van der Waals surface area contributed by atoms with Crippen LogP contribution in [0.15, 0.2) is 41.8 Å². The molecule has 1 atom stereocenters. The molecule has 5 nitrogen and oxygen atoms in total. The maximum absolute atomic E-state index is 11.9. The number of thiophene rings is 1. The fourth-order valence-electron chi connectivity index (χ4n) is 2.03. The van der Waals surface area contributed by atoms with Gasteiger partial charge in [0.05, 0.1) is 12.5 Å². The second-order valence-electron chi connectivity index (χ2n) is 4.82. The lowest BCUT2D eigenvalue weighted by molar-refractivity contribution is -0.137. The lowest BCUT2D eigenvalue weighted by atomic mass is 10.1. The van der Waals surface area contributed by atoms with Gasteiger partial charge in [-0.1, -0.05) is 30.3 Å². The smallest absolute Gasteiger partial charge is 0.407 e. The highest BCUT2D eigenvalue weighted by molar-refractivity contribution is 7.10. The van der Waals surface area contributed by atoms with Gasteiger partial charge in [0.1, 0.15) is 6.61 Å². The SMILES string of the molecule is Cc1ccsc1C(CC(=O)O)NC(=O)OCc1ccccc1. The van der Waals surface area contributed by atoms with Crippen molar-refractivity contribution in [1.82, 2.24) is 5.32 Å². The molecule has 1 unspecified atom stereocenters. The molecule has 0 saturated heterocycles. The van der Waals surface area contributed by atoms with Gasteiger partial charge < -0.3 is 15.2 Å². The molecule has 2 aromatic rings. The molecule has 0 fully saturated rings. The number of aryl methyl sites for hydroxylation is 1. The summed E-state index contributed by atoms with van der Waals surface area (Å²) in [4.78, 5) is 23.7. The highest BCUT2D eigenvalue weighted by atomic mass is 32.1. The van der Waals surface area contributed by atoms with E-state index in [0.29, 0.717) is 0 Å². The Labute approximate surface area is 132 Å². The van der Waals surface area contributed by atoms with Crippen LogP contribution in [-0.2, 0) is 16.1 Å². The number of hydrogen-bond donors (Lipinski definition) is 2. The summed E-state index contributed by atoms with van der Waals surface area (Å²) < 4.78 is 5.14. The summed E-state index contributed by atoms with van der Waals surface area (Å²) >= 11 is 1.42. The van der Waals surface area contributed by atoms with Crippen molar-refractivity contribution < 1.29 is 19.4 Å². The van der Waals surface area contributed by atoms with Crippen molar-refractivity contribution in [1.29, 1.82) is 0 Å². The minimum atomic E-state index is -0.971. The van der Waals surface area contributed by atoms with E-state index >= 15 is 0 Å². The summed E-state index contributed by atoms with van der Waals surface area (Å²) in [5, 5.41) is 13.5. The first-order valence-corrected chi connectivity index (χ1v) is 7.67. The van der Waals surface area contributed by atoms with Crippen LogP contribution in [0.5, 0.6) is 0 Å². The van der Waals surface area contributed by atoms with Crippen molar-refractivity contribution in [2.75, 3.05) is 0 Å². The van der Waals surface area contributed by atoms with Crippen LogP contribution in [0.25, 0.3) is 0 Å². The molecule has 22 heavy (non-hydrogen) atoms. The molecular weight excluding hydrogens is 302 g/mol. The zero-order valence-electron chi connectivity index (χ0n) is 12.1. The van der Waals surface area contributed by atoms with E-state index in [4.69, 9.17) is 9.84 Å². The van der Waals surface area contributed by atoms with Crippen molar-refractivity contribution in [2.45, 2.75) is 26.0 Å². The summed E-state index contributed by atoms with van der Waals surface area (Å²) in [5.41, 5.74) is 1.83.